The second kappa shape index (κ2) is 5.53. The van der Waals surface area contributed by atoms with E-state index in [1.807, 2.05) is 4.68 Å². The Balaban J connectivity index is 1.85. The van der Waals surface area contributed by atoms with Gasteiger partial charge in [-0.15, -0.1) is 11.8 Å². The van der Waals surface area contributed by atoms with E-state index in [1.165, 1.54) is 11.2 Å². The SMILES string of the molecule is CSc1ccc(C2C3=C(CC(C)CC3=O)Nc3ncnn32)cc1. The van der Waals surface area contributed by atoms with Crippen LogP contribution in [0.1, 0.15) is 31.4 Å². The minimum absolute atomic E-state index is 0.181. The third kappa shape index (κ3) is 2.37. The lowest BCUT2D eigenvalue weighted by Gasteiger charge is -2.34. The highest BCUT2D eigenvalue weighted by molar-refractivity contribution is 7.98. The van der Waals surface area contributed by atoms with E-state index in [0.717, 1.165) is 23.3 Å². The van der Waals surface area contributed by atoms with Gasteiger partial charge >= 0.3 is 0 Å². The van der Waals surface area contributed by atoms with Crippen LogP contribution in [0.2, 0.25) is 0 Å². The van der Waals surface area contributed by atoms with Crippen LogP contribution in [0.4, 0.5) is 5.95 Å². The zero-order valence-electron chi connectivity index (χ0n) is 13.1. The van der Waals surface area contributed by atoms with Crippen LogP contribution in [0.25, 0.3) is 0 Å². The topological polar surface area (TPSA) is 59.8 Å². The first-order valence-electron chi connectivity index (χ1n) is 7.74. The summed E-state index contributed by atoms with van der Waals surface area (Å²) >= 11 is 1.71. The average molecular weight is 326 g/mol. The van der Waals surface area contributed by atoms with Crippen molar-refractivity contribution in [1.29, 1.82) is 0 Å². The van der Waals surface area contributed by atoms with Gasteiger partial charge in [-0.3, -0.25) is 4.79 Å². The zero-order chi connectivity index (χ0) is 16.0. The Morgan fingerprint density at radius 2 is 2.04 bits per heavy atom. The first kappa shape index (κ1) is 14.5. The molecule has 0 fully saturated rings. The molecule has 5 nitrogen and oxygen atoms in total. The molecule has 1 aliphatic heterocycles. The molecule has 4 rings (SSSR count). The van der Waals surface area contributed by atoms with Crippen molar-refractivity contribution in [3.8, 4) is 0 Å². The molecule has 6 heteroatoms. The molecule has 1 aromatic heterocycles. The molecule has 1 N–H and O–H groups in total. The van der Waals surface area contributed by atoms with E-state index in [-0.39, 0.29) is 11.8 Å². The first-order chi connectivity index (χ1) is 11.2. The number of thioether (sulfide) groups is 1. The Kier molecular flexibility index (Phi) is 3.49. The van der Waals surface area contributed by atoms with Gasteiger partial charge in [0.15, 0.2) is 5.78 Å². The minimum Gasteiger partial charge on any atom is -0.328 e. The van der Waals surface area contributed by atoms with Crippen molar-refractivity contribution >= 4 is 23.5 Å². The van der Waals surface area contributed by atoms with E-state index in [1.54, 1.807) is 11.8 Å². The van der Waals surface area contributed by atoms with Gasteiger partial charge in [0.25, 0.3) is 0 Å². The molecule has 0 radical (unpaired) electrons. The molecule has 0 bridgehead atoms. The maximum atomic E-state index is 12.7. The largest absolute Gasteiger partial charge is 0.328 e. The Bertz CT molecular complexity index is 793. The molecular weight excluding hydrogens is 308 g/mol. The number of ketones is 1. The summed E-state index contributed by atoms with van der Waals surface area (Å²) in [5.74, 6) is 1.29. The van der Waals surface area contributed by atoms with E-state index < -0.39 is 0 Å². The van der Waals surface area contributed by atoms with Crippen LogP contribution >= 0.6 is 11.8 Å². The van der Waals surface area contributed by atoms with Crippen molar-refractivity contribution in [2.45, 2.75) is 30.7 Å². The number of nitrogens with one attached hydrogen (secondary N) is 1. The van der Waals surface area contributed by atoms with Crippen molar-refractivity contribution < 1.29 is 4.79 Å². The van der Waals surface area contributed by atoms with Crippen molar-refractivity contribution in [3.05, 3.63) is 47.4 Å². The molecule has 2 aromatic rings. The monoisotopic (exact) mass is 326 g/mol. The second-order valence-corrected chi connectivity index (χ2v) is 7.04. The summed E-state index contributed by atoms with van der Waals surface area (Å²) < 4.78 is 1.82. The molecular formula is C17H18N4OS. The quantitative estimate of drug-likeness (QED) is 0.858. The number of hydrogen-bond acceptors (Lipinski definition) is 5. The smallest absolute Gasteiger partial charge is 0.226 e. The molecule has 2 unspecified atom stereocenters. The standard InChI is InChI=1S/C17H18N4OS/c1-10-7-13-15(14(22)8-10)16(21-17(20-13)18-9-19-21)11-3-5-12(23-2)6-4-11/h3-6,9-10,16H,7-8H2,1-2H3,(H,18,19,20). The fraction of sp³-hybridized carbons (Fsp3) is 0.353. The fourth-order valence-electron chi connectivity index (χ4n) is 3.44. The summed E-state index contributed by atoms with van der Waals surface area (Å²) in [6.45, 7) is 2.12. The predicted octanol–water partition coefficient (Wildman–Crippen LogP) is 3.27. The summed E-state index contributed by atoms with van der Waals surface area (Å²) in [6, 6.07) is 8.18. The third-order valence-corrected chi connectivity index (χ3v) is 5.24. The van der Waals surface area contributed by atoms with E-state index in [4.69, 9.17) is 0 Å². The Labute approximate surface area is 139 Å². The first-order valence-corrected chi connectivity index (χ1v) is 8.96. The van der Waals surface area contributed by atoms with Gasteiger partial charge in [-0.2, -0.15) is 10.1 Å². The van der Waals surface area contributed by atoms with Gasteiger partial charge in [0.2, 0.25) is 5.95 Å². The average Bonchev–Trinajstić information content (AvgIpc) is 3.00. The number of rotatable bonds is 2. The number of anilines is 1. The molecule has 1 aromatic carbocycles. The lowest BCUT2D eigenvalue weighted by atomic mass is 9.81. The van der Waals surface area contributed by atoms with E-state index in [0.29, 0.717) is 18.3 Å². The number of fused-ring (bicyclic) bond motifs is 1. The predicted molar refractivity (Wildman–Crippen MR) is 90.4 cm³/mol. The summed E-state index contributed by atoms with van der Waals surface area (Å²) in [7, 11) is 0. The van der Waals surface area contributed by atoms with Crippen LogP contribution in [0.3, 0.4) is 0 Å². The normalized spacial score (nSPS) is 23.3. The molecule has 0 saturated heterocycles. The number of aromatic nitrogens is 3. The maximum Gasteiger partial charge on any atom is 0.226 e. The molecule has 23 heavy (non-hydrogen) atoms. The summed E-state index contributed by atoms with van der Waals surface area (Å²) in [4.78, 5) is 18.2. The molecule has 118 valence electrons. The summed E-state index contributed by atoms with van der Waals surface area (Å²) in [5, 5.41) is 7.66. The molecule has 0 amide bonds. The second-order valence-electron chi connectivity index (χ2n) is 6.16. The fourth-order valence-corrected chi connectivity index (χ4v) is 3.85. The highest BCUT2D eigenvalue weighted by Gasteiger charge is 2.37. The van der Waals surface area contributed by atoms with Gasteiger partial charge in [-0.05, 0) is 36.3 Å². The maximum absolute atomic E-state index is 12.7. The van der Waals surface area contributed by atoms with Crippen LogP contribution < -0.4 is 5.32 Å². The van der Waals surface area contributed by atoms with E-state index >= 15 is 0 Å². The van der Waals surface area contributed by atoms with Gasteiger partial charge in [-0.25, -0.2) is 4.68 Å². The van der Waals surface area contributed by atoms with Crippen LogP contribution in [0.5, 0.6) is 0 Å². The number of carbonyl (C=O) groups excluding carboxylic acids is 1. The van der Waals surface area contributed by atoms with Gasteiger partial charge in [0, 0.05) is 22.6 Å². The number of allylic oxidation sites excluding steroid dienone is 2. The van der Waals surface area contributed by atoms with Crippen LogP contribution in [0, 0.1) is 5.92 Å². The number of nitrogens with zero attached hydrogens (tertiary/aromatic N) is 3. The van der Waals surface area contributed by atoms with Gasteiger partial charge in [-0.1, -0.05) is 19.1 Å². The number of benzene rings is 1. The number of carbonyl (C=O) groups is 1. The molecule has 0 spiro atoms. The van der Waals surface area contributed by atoms with Gasteiger partial charge < -0.3 is 5.32 Å². The highest BCUT2D eigenvalue weighted by atomic mass is 32.2. The third-order valence-electron chi connectivity index (χ3n) is 4.50. The number of Topliss-reactive ketones (excluding diaryl/α,β-unsaturated/α-hetero) is 1. The Morgan fingerprint density at radius 3 is 2.78 bits per heavy atom. The number of hydrogen-bond donors (Lipinski definition) is 1. The van der Waals surface area contributed by atoms with Gasteiger partial charge in [0.05, 0.1) is 0 Å². The van der Waals surface area contributed by atoms with Crippen molar-refractivity contribution in [3.63, 3.8) is 0 Å². The van der Waals surface area contributed by atoms with E-state index in [9.17, 15) is 4.79 Å². The van der Waals surface area contributed by atoms with Crippen molar-refractivity contribution in [2.75, 3.05) is 11.6 Å². The van der Waals surface area contributed by atoms with E-state index in [2.05, 4.69) is 52.8 Å². The molecule has 2 aliphatic rings. The highest BCUT2D eigenvalue weighted by Crippen LogP contribution is 2.41. The molecule has 2 heterocycles. The Hall–Kier alpha value is -2.08. The molecule has 2 atom stereocenters. The Morgan fingerprint density at radius 1 is 1.26 bits per heavy atom. The van der Waals surface area contributed by atoms with Crippen molar-refractivity contribution in [1.82, 2.24) is 14.8 Å². The van der Waals surface area contributed by atoms with Crippen LogP contribution in [0.15, 0.2) is 46.8 Å². The summed E-state index contributed by atoms with van der Waals surface area (Å²) in [5.41, 5.74) is 2.93. The van der Waals surface area contributed by atoms with Gasteiger partial charge in [0.1, 0.15) is 12.4 Å². The molecule has 1 aliphatic carbocycles. The summed E-state index contributed by atoms with van der Waals surface area (Å²) in [6.07, 6.45) is 5.08. The zero-order valence-corrected chi connectivity index (χ0v) is 13.9. The lowest BCUT2D eigenvalue weighted by Crippen LogP contribution is -2.33. The molecule has 0 saturated carbocycles. The lowest BCUT2D eigenvalue weighted by molar-refractivity contribution is -0.117. The van der Waals surface area contributed by atoms with Crippen molar-refractivity contribution in [2.24, 2.45) is 5.92 Å². The van der Waals surface area contributed by atoms with Crippen LogP contribution in [-0.4, -0.2) is 26.8 Å². The van der Waals surface area contributed by atoms with Crippen LogP contribution in [-0.2, 0) is 4.79 Å². The minimum atomic E-state index is -0.181.